The van der Waals surface area contributed by atoms with Gasteiger partial charge in [-0.05, 0) is 43.2 Å². The lowest BCUT2D eigenvalue weighted by molar-refractivity contribution is -0.132. The standard InChI is InChI=1S/C20H23N7O3S/c1-26-16-11-13-12-22-19(25-31(29,30)15-7-5-14(21)6-8-15)23-17(13)27(16)20(18(28)24-26)9-3-2-4-10-20/h5-8,11-12H,2-4,9-10,21H2,1H3,(H,24,28)(H,22,23,25). The molecule has 162 valence electrons. The van der Waals surface area contributed by atoms with Gasteiger partial charge in [-0.1, -0.05) is 19.3 Å². The van der Waals surface area contributed by atoms with Gasteiger partial charge < -0.3 is 5.73 Å². The first-order chi connectivity index (χ1) is 14.8. The Morgan fingerprint density at radius 3 is 2.58 bits per heavy atom. The number of benzene rings is 1. The van der Waals surface area contributed by atoms with E-state index in [1.54, 1.807) is 18.3 Å². The number of hydrogen-bond donors (Lipinski definition) is 3. The third-order valence-electron chi connectivity index (χ3n) is 6.08. The van der Waals surface area contributed by atoms with Crippen LogP contribution < -0.4 is 20.9 Å². The number of sulfonamides is 1. The predicted octanol–water partition coefficient (Wildman–Crippen LogP) is 1.95. The lowest BCUT2D eigenvalue weighted by atomic mass is 9.80. The second-order valence-corrected chi connectivity index (χ2v) is 9.76. The first-order valence-corrected chi connectivity index (χ1v) is 11.6. The molecular weight excluding hydrogens is 418 g/mol. The van der Waals surface area contributed by atoms with Gasteiger partial charge in [0.25, 0.3) is 15.9 Å². The summed E-state index contributed by atoms with van der Waals surface area (Å²) in [6.45, 7) is 0. The third-order valence-corrected chi connectivity index (χ3v) is 7.43. The van der Waals surface area contributed by atoms with Crippen LogP contribution in [0.2, 0.25) is 0 Å². The van der Waals surface area contributed by atoms with Crippen LogP contribution in [0.25, 0.3) is 11.0 Å². The Morgan fingerprint density at radius 1 is 1.16 bits per heavy atom. The monoisotopic (exact) mass is 441 g/mol. The van der Waals surface area contributed by atoms with E-state index < -0.39 is 15.6 Å². The number of fused-ring (bicyclic) bond motifs is 4. The van der Waals surface area contributed by atoms with Crippen LogP contribution in [0.3, 0.4) is 0 Å². The van der Waals surface area contributed by atoms with Crippen molar-refractivity contribution in [3.8, 4) is 0 Å². The number of anilines is 3. The van der Waals surface area contributed by atoms with Crippen LogP contribution in [0.4, 0.5) is 17.5 Å². The molecule has 1 aliphatic heterocycles. The van der Waals surface area contributed by atoms with Crippen molar-refractivity contribution in [1.29, 1.82) is 0 Å². The summed E-state index contributed by atoms with van der Waals surface area (Å²) >= 11 is 0. The number of rotatable bonds is 3. The molecule has 1 fully saturated rings. The normalized spacial score (nSPS) is 18.1. The van der Waals surface area contributed by atoms with Crippen molar-refractivity contribution >= 4 is 44.4 Å². The molecule has 4 N–H and O–H groups in total. The molecule has 1 saturated carbocycles. The molecule has 2 aromatic heterocycles. The molecule has 31 heavy (non-hydrogen) atoms. The molecule has 3 heterocycles. The van der Waals surface area contributed by atoms with Crippen molar-refractivity contribution in [2.45, 2.75) is 42.5 Å². The van der Waals surface area contributed by atoms with E-state index >= 15 is 0 Å². The van der Waals surface area contributed by atoms with Gasteiger partial charge in [0.2, 0.25) is 5.95 Å². The van der Waals surface area contributed by atoms with E-state index in [0.29, 0.717) is 24.2 Å². The average molecular weight is 442 g/mol. The molecule has 0 radical (unpaired) electrons. The molecule has 1 amide bonds. The number of carbonyl (C=O) groups excluding carboxylic acids is 1. The van der Waals surface area contributed by atoms with Crippen molar-refractivity contribution in [2.75, 3.05) is 22.5 Å². The van der Waals surface area contributed by atoms with Crippen LogP contribution in [-0.2, 0) is 20.4 Å². The van der Waals surface area contributed by atoms with E-state index in [1.165, 1.54) is 24.3 Å². The zero-order valence-electron chi connectivity index (χ0n) is 17.0. The van der Waals surface area contributed by atoms with Crippen molar-refractivity contribution < 1.29 is 13.2 Å². The number of nitrogen functional groups attached to an aromatic ring is 1. The van der Waals surface area contributed by atoms with Gasteiger partial charge in [-0.2, -0.15) is 4.98 Å². The fraction of sp³-hybridized carbons (Fsp3) is 0.350. The van der Waals surface area contributed by atoms with Crippen LogP contribution >= 0.6 is 0 Å². The first kappa shape index (κ1) is 19.6. The summed E-state index contributed by atoms with van der Waals surface area (Å²) in [4.78, 5) is 21.9. The molecule has 1 aromatic carbocycles. The van der Waals surface area contributed by atoms with Crippen molar-refractivity contribution in [1.82, 2.24) is 20.0 Å². The van der Waals surface area contributed by atoms with E-state index in [2.05, 4.69) is 20.1 Å². The van der Waals surface area contributed by atoms with Crippen LogP contribution in [0.15, 0.2) is 41.4 Å². The molecule has 11 heteroatoms. The van der Waals surface area contributed by atoms with E-state index in [0.717, 1.165) is 30.5 Å². The minimum Gasteiger partial charge on any atom is -0.399 e. The number of hydrazine groups is 1. The Labute approximate surface area is 179 Å². The Bertz CT molecular complexity index is 1280. The third kappa shape index (κ3) is 3.07. The maximum Gasteiger partial charge on any atom is 0.264 e. The zero-order chi connectivity index (χ0) is 21.8. The minimum atomic E-state index is -3.89. The van der Waals surface area contributed by atoms with Gasteiger partial charge in [0, 0.05) is 24.3 Å². The first-order valence-electron chi connectivity index (χ1n) is 10.1. The second kappa shape index (κ2) is 6.84. The fourth-order valence-electron chi connectivity index (χ4n) is 4.52. The van der Waals surface area contributed by atoms with Crippen LogP contribution in [0.1, 0.15) is 32.1 Å². The second-order valence-electron chi connectivity index (χ2n) is 8.08. The van der Waals surface area contributed by atoms with Crippen molar-refractivity contribution in [3.05, 3.63) is 36.5 Å². The zero-order valence-corrected chi connectivity index (χ0v) is 17.8. The highest BCUT2D eigenvalue weighted by Crippen LogP contribution is 2.43. The number of aromatic nitrogens is 3. The highest BCUT2D eigenvalue weighted by molar-refractivity contribution is 7.92. The lowest BCUT2D eigenvalue weighted by Crippen LogP contribution is -2.59. The molecular formula is C20H23N7O3S. The molecule has 2 aliphatic rings. The maximum atomic E-state index is 13.1. The minimum absolute atomic E-state index is 0.0511. The van der Waals surface area contributed by atoms with E-state index in [-0.39, 0.29) is 16.8 Å². The molecule has 5 rings (SSSR count). The number of carbonyl (C=O) groups is 1. The van der Waals surface area contributed by atoms with Gasteiger partial charge in [-0.25, -0.2) is 18.1 Å². The largest absolute Gasteiger partial charge is 0.399 e. The Hall–Kier alpha value is -3.34. The number of nitrogens with one attached hydrogen (secondary N) is 2. The summed E-state index contributed by atoms with van der Waals surface area (Å²) in [5.41, 5.74) is 8.86. The highest BCUT2D eigenvalue weighted by atomic mass is 32.2. The topological polar surface area (TPSA) is 135 Å². The van der Waals surface area contributed by atoms with Crippen molar-refractivity contribution in [3.63, 3.8) is 0 Å². The number of nitrogens with zero attached hydrogens (tertiary/aromatic N) is 4. The smallest absolute Gasteiger partial charge is 0.264 e. The Balaban J connectivity index is 1.61. The molecule has 10 nitrogen and oxygen atoms in total. The van der Waals surface area contributed by atoms with E-state index in [4.69, 9.17) is 5.73 Å². The molecule has 1 aliphatic carbocycles. The number of nitrogens with two attached hydrogens (primary N) is 1. The van der Waals surface area contributed by atoms with Gasteiger partial charge in [0.05, 0.1) is 4.90 Å². The molecule has 0 atom stereocenters. The summed E-state index contributed by atoms with van der Waals surface area (Å²) in [5, 5.41) is 2.40. The van der Waals surface area contributed by atoms with Gasteiger partial charge in [-0.3, -0.25) is 19.8 Å². The number of hydrogen-bond acceptors (Lipinski definition) is 7. The summed E-state index contributed by atoms with van der Waals surface area (Å²) in [7, 11) is -2.11. The van der Waals surface area contributed by atoms with Crippen LogP contribution in [-0.4, -0.2) is 35.9 Å². The summed E-state index contributed by atoms with van der Waals surface area (Å²) < 4.78 is 29.9. The molecule has 0 bridgehead atoms. The average Bonchev–Trinajstić information content (AvgIpc) is 3.13. The SMILES string of the molecule is CN1NC(=O)C2(CCCCC2)n2c1cc1cnc(NS(=O)(=O)c3ccc(N)cc3)nc12. The summed E-state index contributed by atoms with van der Waals surface area (Å²) in [6, 6.07) is 7.79. The van der Waals surface area contributed by atoms with Gasteiger partial charge >= 0.3 is 0 Å². The maximum absolute atomic E-state index is 13.1. The quantitative estimate of drug-likeness (QED) is 0.529. The highest BCUT2D eigenvalue weighted by Gasteiger charge is 2.47. The number of amides is 1. The molecule has 0 saturated heterocycles. The van der Waals surface area contributed by atoms with E-state index in [1.807, 2.05) is 10.6 Å². The molecule has 0 unspecified atom stereocenters. The fourth-order valence-corrected chi connectivity index (χ4v) is 5.47. The summed E-state index contributed by atoms with van der Waals surface area (Å²) in [5.74, 6) is 0.677. The van der Waals surface area contributed by atoms with Gasteiger partial charge in [0.1, 0.15) is 17.0 Å². The molecule has 1 spiro atoms. The predicted molar refractivity (Wildman–Crippen MR) is 117 cm³/mol. The lowest BCUT2D eigenvalue weighted by Gasteiger charge is -2.44. The van der Waals surface area contributed by atoms with Crippen molar-refractivity contribution in [2.24, 2.45) is 0 Å². The Morgan fingerprint density at radius 2 is 1.87 bits per heavy atom. The van der Waals surface area contributed by atoms with Crippen LogP contribution in [0.5, 0.6) is 0 Å². The van der Waals surface area contributed by atoms with Gasteiger partial charge in [0.15, 0.2) is 0 Å². The summed E-state index contributed by atoms with van der Waals surface area (Å²) in [6.07, 6.45) is 5.96. The Kier molecular flexibility index (Phi) is 4.33. The van der Waals surface area contributed by atoms with E-state index in [9.17, 15) is 13.2 Å². The molecule has 3 aromatic rings. The van der Waals surface area contributed by atoms with Gasteiger partial charge in [-0.15, -0.1) is 0 Å². The van der Waals surface area contributed by atoms with Crippen LogP contribution in [0, 0.1) is 0 Å².